The van der Waals surface area contributed by atoms with E-state index in [-0.39, 0.29) is 11.6 Å². The maximum absolute atomic E-state index is 13.2. The minimum absolute atomic E-state index is 0.0555. The lowest BCUT2D eigenvalue weighted by atomic mass is 9.97. The van der Waals surface area contributed by atoms with Crippen LogP contribution in [0, 0.1) is 0 Å². The highest BCUT2D eigenvalue weighted by Gasteiger charge is 2.22. The number of aromatic nitrogens is 3. The predicted octanol–water partition coefficient (Wildman–Crippen LogP) is 3.92. The van der Waals surface area contributed by atoms with E-state index in [0.717, 1.165) is 28.6 Å². The Balaban J connectivity index is 1.80. The third-order valence-electron chi connectivity index (χ3n) is 4.71. The van der Waals surface area contributed by atoms with Crippen molar-refractivity contribution in [2.24, 2.45) is 0 Å². The maximum Gasteiger partial charge on any atom is 0.264 e. The number of aryl methyl sites for hydroxylation is 2. The molecule has 130 valence electrons. The van der Waals surface area contributed by atoms with E-state index in [1.807, 2.05) is 32.2 Å². The number of hydrogen-bond donors (Lipinski definition) is 1. The van der Waals surface area contributed by atoms with Crippen molar-refractivity contribution in [3.63, 3.8) is 0 Å². The molecule has 1 aliphatic carbocycles. The van der Waals surface area contributed by atoms with Crippen molar-refractivity contribution in [2.45, 2.75) is 52.1 Å². The fourth-order valence-corrected chi connectivity index (χ4v) is 4.76. The summed E-state index contributed by atoms with van der Waals surface area (Å²) in [7, 11) is 0. The lowest BCUT2D eigenvalue weighted by Gasteiger charge is -2.17. The SMILES string of the molecule is CC(C)n1c(NCc2cccnc2)nc2sc3c(c2c1=O)CCCC3. The number of rotatable bonds is 4. The second-order valence-electron chi connectivity index (χ2n) is 6.81. The van der Waals surface area contributed by atoms with E-state index < -0.39 is 0 Å². The first-order chi connectivity index (χ1) is 12.1. The van der Waals surface area contributed by atoms with Crippen LogP contribution in [-0.4, -0.2) is 14.5 Å². The summed E-state index contributed by atoms with van der Waals surface area (Å²) >= 11 is 1.69. The van der Waals surface area contributed by atoms with Gasteiger partial charge in [-0.3, -0.25) is 14.3 Å². The van der Waals surface area contributed by atoms with Crippen molar-refractivity contribution in [3.8, 4) is 0 Å². The summed E-state index contributed by atoms with van der Waals surface area (Å²) in [6.45, 7) is 4.66. The zero-order chi connectivity index (χ0) is 17.4. The highest BCUT2D eigenvalue weighted by Crippen LogP contribution is 2.34. The van der Waals surface area contributed by atoms with Gasteiger partial charge in [-0.2, -0.15) is 0 Å². The van der Waals surface area contributed by atoms with E-state index in [9.17, 15) is 4.79 Å². The first-order valence-corrected chi connectivity index (χ1v) is 9.66. The molecule has 0 aliphatic heterocycles. The maximum atomic E-state index is 13.2. The van der Waals surface area contributed by atoms with E-state index >= 15 is 0 Å². The quantitative estimate of drug-likeness (QED) is 0.771. The summed E-state index contributed by atoms with van der Waals surface area (Å²) in [5.74, 6) is 0.648. The predicted molar refractivity (Wildman–Crippen MR) is 102 cm³/mol. The van der Waals surface area contributed by atoms with Gasteiger partial charge in [0.25, 0.3) is 5.56 Å². The Morgan fingerprint density at radius 1 is 1.32 bits per heavy atom. The van der Waals surface area contributed by atoms with E-state index in [4.69, 9.17) is 4.98 Å². The first-order valence-electron chi connectivity index (χ1n) is 8.84. The van der Waals surface area contributed by atoms with Crippen LogP contribution in [0.2, 0.25) is 0 Å². The molecule has 4 rings (SSSR count). The zero-order valence-electron chi connectivity index (χ0n) is 14.6. The number of fused-ring (bicyclic) bond motifs is 3. The average Bonchev–Trinajstić information content (AvgIpc) is 2.99. The van der Waals surface area contributed by atoms with Crippen LogP contribution in [0.5, 0.6) is 0 Å². The molecule has 1 N–H and O–H groups in total. The molecule has 0 atom stereocenters. The molecule has 0 spiro atoms. The second kappa shape index (κ2) is 6.59. The average molecular weight is 354 g/mol. The fraction of sp³-hybridized carbons (Fsp3) is 0.421. The van der Waals surface area contributed by atoms with E-state index in [2.05, 4.69) is 10.3 Å². The third kappa shape index (κ3) is 2.95. The molecule has 0 bridgehead atoms. The standard InChI is InChI=1S/C19H22N4OS/c1-12(2)23-18(24)16-14-7-3-4-8-15(14)25-17(16)22-19(23)21-11-13-6-5-9-20-10-13/h5-6,9-10,12H,3-4,7-8,11H2,1-2H3,(H,21,22). The number of nitrogens with zero attached hydrogens (tertiary/aromatic N) is 3. The third-order valence-corrected chi connectivity index (χ3v) is 5.90. The Labute approximate surface area is 150 Å². The molecule has 3 heterocycles. The van der Waals surface area contributed by atoms with E-state index in [1.165, 1.54) is 23.3 Å². The van der Waals surface area contributed by atoms with E-state index in [0.29, 0.717) is 12.5 Å². The Morgan fingerprint density at radius 3 is 2.92 bits per heavy atom. The van der Waals surface area contributed by atoms with Gasteiger partial charge < -0.3 is 5.32 Å². The van der Waals surface area contributed by atoms with Crippen molar-refractivity contribution in [1.29, 1.82) is 0 Å². The van der Waals surface area contributed by atoms with Crippen LogP contribution in [0.25, 0.3) is 10.2 Å². The summed E-state index contributed by atoms with van der Waals surface area (Å²) in [4.78, 5) is 24.4. The van der Waals surface area contributed by atoms with Crippen LogP contribution in [0.3, 0.4) is 0 Å². The molecule has 0 saturated carbocycles. The topological polar surface area (TPSA) is 59.8 Å². The zero-order valence-corrected chi connectivity index (χ0v) is 15.4. The molecule has 1 aliphatic rings. The molecule has 3 aromatic heterocycles. The van der Waals surface area contributed by atoms with Crippen LogP contribution in [0.1, 0.15) is 48.7 Å². The summed E-state index contributed by atoms with van der Waals surface area (Å²) in [6.07, 6.45) is 8.05. The number of thiophene rings is 1. The van der Waals surface area contributed by atoms with Gasteiger partial charge in [-0.15, -0.1) is 11.3 Å². The van der Waals surface area contributed by atoms with Gasteiger partial charge in [0.2, 0.25) is 5.95 Å². The Kier molecular flexibility index (Phi) is 4.29. The Bertz CT molecular complexity index is 959. The minimum atomic E-state index is 0.0555. The van der Waals surface area contributed by atoms with Crippen LogP contribution >= 0.6 is 11.3 Å². The van der Waals surface area contributed by atoms with Crippen molar-refractivity contribution in [3.05, 3.63) is 50.9 Å². The number of anilines is 1. The molecule has 0 unspecified atom stereocenters. The molecule has 3 aromatic rings. The molecule has 0 radical (unpaired) electrons. The number of nitrogens with one attached hydrogen (secondary N) is 1. The van der Waals surface area contributed by atoms with Crippen LogP contribution in [-0.2, 0) is 19.4 Å². The van der Waals surface area contributed by atoms with Gasteiger partial charge in [0.15, 0.2) is 0 Å². The van der Waals surface area contributed by atoms with Gasteiger partial charge in [-0.25, -0.2) is 4.98 Å². The van der Waals surface area contributed by atoms with E-state index in [1.54, 1.807) is 22.1 Å². The Morgan fingerprint density at radius 2 is 2.16 bits per heavy atom. The smallest absolute Gasteiger partial charge is 0.264 e. The van der Waals surface area contributed by atoms with Crippen molar-refractivity contribution in [2.75, 3.05) is 5.32 Å². The van der Waals surface area contributed by atoms with Gasteiger partial charge in [-0.05, 0) is 56.7 Å². The summed E-state index contributed by atoms with van der Waals surface area (Å²) in [6, 6.07) is 3.98. The number of pyridine rings is 1. The molecule has 0 saturated heterocycles. The first kappa shape index (κ1) is 16.3. The van der Waals surface area contributed by atoms with Crippen LogP contribution in [0.4, 0.5) is 5.95 Å². The minimum Gasteiger partial charge on any atom is -0.351 e. The molecular formula is C19H22N4OS. The van der Waals surface area contributed by atoms with Crippen molar-refractivity contribution < 1.29 is 0 Å². The fourth-order valence-electron chi connectivity index (χ4n) is 3.51. The van der Waals surface area contributed by atoms with Crippen molar-refractivity contribution in [1.82, 2.24) is 14.5 Å². The second-order valence-corrected chi connectivity index (χ2v) is 7.89. The number of hydrogen-bond acceptors (Lipinski definition) is 5. The molecule has 0 fully saturated rings. The van der Waals surface area contributed by atoms with Gasteiger partial charge in [-0.1, -0.05) is 6.07 Å². The summed E-state index contributed by atoms with van der Waals surface area (Å²) < 4.78 is 1.79. The molecule has 25 heavy (non-hydrogen) atoms. The van der Waals surface area contributed by atoms with Crippen LogP contribution < -0.4 is 10.9 Å². The molecule has 6 heteroatoms. The molecule has 5 nitrogen and oxygen atoms in total. The van der Waals surface area contributed by atoms with Gasteiger partial charge >= 0.3 is 0 Å². The lowest BCUT2D eigenvalue weighted by Crippen LogP contribution is -2.27. The van der Waals surface area contributed by atoms with Gasteiger partial charge in [0, 0.05) is 29.9 Å². The highest BCUT2D eigenvalue weighted by molar-refractivity contribution is 7.18. The van der Waals surface area contributed by atoms with Crippen molar-refractivity contribution >= 4 is 27.5 Å². The van der Waals surface area contributed by atoms with Gasteiger partial charge in [0.05, 0.1) is 5.39 Å². The van der Waals surface area contributed by atoms with Crippen LogP contribution in [0.15, 0.2) is 29.3 Å². The Hall–Kier alpha value is -2.21. The molecule has 0 aromatic carbocycles. The summed E-state index contributed by atoms with van der Waals surface area (Å²) in [5.41, 5.74) is 2.41. The lowest BCUT2D eigenvalue weighted by molar-refractivity contribution is 0.579. The highest BCUT2D eigenvalue weighted by atomic mass is 32.1. The summed E-state index contributed by atoms with van der Waals surface area (Å²) in [5, 5.41) is 4.19. The molecule has 0 amide bonds. The van der Waals surface area contributed by atoms with Gasteiger partial charge in [0.1, 0.15) is 4.83 Å². The molecular weight excluding hydrogens is 332 g/mol. The normalized spacial score (nSPS) is 14.0. The largest absolute Gasteiger partial charge is 0.351 e. The monoisotopic (exact) mass is 354 g/mol.